The van der Waals surface area contributed by atoms with Crippen LogP contribution in [0.25, 0.3) is 0 Å². The zero-order chi connectivity index (χ0) is 26.6. The van der Waals surface area contributed by atoms with Gasteiger partial charge in [-0.15, -0.1) is 0 Å². The molecule has 39 heavy (non-hydrogen) atoms. The van der Waals surface area contributed by atoms with Gasteiger partial charge in [0.2, 0.25) is 0 Å². The van der Waals surface area contributed by atoms with Gasteiger partial charge in [0.15, 0.2) is 5.78 Å². The van der Waals surface area contributed by atoms with Crippen LogP contribution in [-0.4, -0.2) is 93.1 Å². The molecule has 7 nitrogen and oxygen atoms in total. The van der Waals surface area contributed by atoms with Gasteiger partial charge in [0.1, 0.15) is 11.6 Å². The Morgan fingerprint density at radius 3 is 2.31 bits per heavy atom. The average Bonchev–Trinajstić information content (AvgIpc) is 3.47. The third-order valence-corrected chi connectivity index (χ3v) is 9.62. The summed E-state index contributed by atoms with van der Waals surface area (Å²) in [5.74, 6) is 3.86. The van der Waals surface area contributed by atoms with E-state index in [1.807, 2.05) is 12.3 Å². The Balaban J connectivity index is 0.894. The van der Waals surface area contributed by atoms with Gasteiger partial charge in [0, 0.05) is 88.2 Å². The normalized spacial score (nSPS) is 24.4. The maximum absolute atomic E-state index is 13.0. The number of ketones is 1. The van der Waals surface area contributed by atoms with E-state index in [9.17, 15) is 4.79 Å². The van der Waals surface area contributed by atoms with Gasteiger partial charge in [-0.25, -0.2) is 4.98 Å². The van der Waals surface area contributed by atoms with Crippen LogP contribution >= 0.6 is 0 Å². The van der Waals surface area contributed by atoms with Crippen molar-refractivity contribution in [1.82, 2.24) is 14.8 Å². The van der Waals surface area contributed by atoms with E-state index in [4.69, 9.17) is 9.72 Å². The molecule has 0 N–H and O–H groups in total. The molecular formula is C32H45N5O2. The first-order valence-corrected chi connectivity index (χ1v) is 15.3. The lowest BCUT2D eigenvalue weighted by Crippen LogP contribution is -2.47. The fourth-order valence-electron chi connectivity index (χ4n) is 6.95. The number of pyridine rings is 1. The maximum atomic E-state index is 13.0. The molecule has 0 amide bonds. The number of anilines is 2. The third kappa shape index (κ3) is 6.41. The van der Waals surface area contributed by atoms with E-state index < -0.39 is 0 Å². The number of carbonyl (C=O) groups excluding carboxylic acids is 1. The lowest BCUT2D eigenvalue weighted by molar-refractivity contribution is 0.0940. The number of carbonyl (C=O) groups is 1. The van der Waals surface area contributed by atoms with Crippen LogP contribution < -0.4 is 14.5 Å². The molecule has 2 saturated heterocycles. The molecule has 210 valence electrons. The third-order valence-electron chi connectivity index (χ3n) is 9.62. The summed E-state index contributed by atoms with van der Waals surface area (Å²) in [6.45, 7) is 10.6. The van der Waals surface area contributed by atoms with Gasteiger partial charge in [-0.3, -0.25) is 9.69 Å². The summed E-state index contributed by atoms with van der Waals surface area (Å²) in [4.78, 5) is 27.6. The Hall–Kier alpha value is -2.64. The van der Waals surface area contributed by atoms with Gasteiger partial charge in [0.05, 0.1) is 6.61 Å². The highest BCUT2D eigenvalue weighted by molar-refractivity contribution is 5.96. The molecule has 2 aromatic rings. The second-order valence-electron chi connectivity index (χ2n) is 12.2. The largest absolute Gasteiger partial charge is 0.493 e. The Bertz CT molecular complexity index is 1100. The molecule has 3 fully saturated rings. The minimum Gasteiger partial charge on any atom is -0.493 e. The van der Waals surface area contributed by atoms with Gasteiger partial charge in [-0.2, -0.15) is 0 Å². The number of aromatic nitrogens is 1. The highest BCUT2D eigenvalue weighted by atomic mass is 16.5. The zero-order valence-corrected chi connectivity index (χ0v) is 23.7. The molecule has 7 heteroatoms. The Labute approximate surface area is 234 Å². The van der Waals surface area contributed by atoms with E-state index in [1.165, 1.54) is 49.9 Å². The molecule has 1 saturated carbocycles. The van der Waals surface area contributed by atoms with Crippen molar-refractivity contribution >= 4 is 17.3 Å². The molecule has 4 aliphatic rings. The number of hydrogen-bond acceptors (Lipinski definition) is 7. The van der Waals surface area contributed by atoms with Gasteiger partial charge in [-0.1, -0.05) is 12.8 Å². The Morgan fingerprint density at radius 2 is 1.56 bits per heavy atom. The molecule has 0 unspecified atom stereocenters. The molecule has 1 aromatic carbocycles. The van der Waals surface area contributed by atoms with Gasteiger partial charge < -0.3 is 19.4 Å². The van der Waals surface area contributed by atoms with E-state index in [2.05, 4.69) is 50.9 Å². The molecule has 0 atom stereocenters. The first kappa shape index (κ1) is 26.6. The molecular weight excluding hydrogens is 486 g/mol. The van der Waals surface area contributed by atoms with Crippen LogP contribution in [0.5, 0.6) is 5.75 Å². The summed E-state index contributed by atoms with van der Waals surface area (Å²) in [6, 6.07) is 10.4. The number of Topliss-reactive ketones (excluding diaryl/α,β-unsaturated/α-hetero) is 1. The highest BCUT2D eigenvalue weighted by Gasteiger charge is 2.27. The van der Waals surface area contributed by atoms with Crippen molar-refractivity contribution in [3.63, 3.8) is 0 Å². The van der Waals surface area contributed by atoms with Crippen molar-refractivity contribution in [3.05, 3.63) is 47.7 Å². The monoisotopic (exact) mass is 531 g/mol. The van der Waals surface area contributed by atoms with Crippen molar-refractivity contribution in [2.24, 2.45) is 11.8 Å². The lowest BCUT2D eigenvalue weighted by atomic mass is 9.78. The molecule has 3 aliphatic heterocycles. The number of nitrogens with zero attached hydrogens (tertiary/aromatic N) is 5. The predicted octanol–water partition coefficient (Wildman–Crippen LogP) is 4.36. The van der Waals surface area contributed by atoms with Crippen molar-refractivity contribution in [1.29, 1.82) is 0 Å². The molecule has 6 rings (SSSR count). The van der Waals surface area contributed by atoms with Crippen molar-refractivity contribution in [3.8, 4) is 5.75 Å². The van der Waals surface area contributed by atoms with E-state index in [0.29, 0.717) is 18.1 Å². The first-order chi connectivity index (χ1) is 19.1. The minimum atomic E-state index is 0.325. The SMILES string of the molecule is CN1CCN(c2ccc(C(=O)CC3CCC(CCN4CCN(c5nccc6c5CCO6)CC4)CC3)cc2)CC1. The van der Waals surface area contributed by atoms with Crippen LogP contribution in [0.3, 0.4) is 0 Å². The van der Waals surface area contributed by atoms with Crippen LogP contribution in [0.4, 0.5) is 11.5 Å². The Kier molecular flexibility index (Phi) is 8.35. The number of rotatable bonds is 8. The quantitative estimate of drug-likeness (QED) is 0.469. The van der Waals surface area contributed by atoms with E-state index in [0.717, 1.165) is 88.4 Å². The molecule has 1 aromatic heterocycles. The summed E-state index contributed by atoms with van der Waals surface area (Å²) in [6.07, 6.45) is 9.84. The van der Waals surface area contributed by atoms with Crippen molar-refractivity contribution in [2.45, 2.75) is 44.9 Å². The van der Waals surface area contributed by atoms with Crippen molar-refractivity contribution < 1.29 is 9.53 Å². The van der Waals surface area contributed by atoms with Crippen LogP contribution in [0.2, 0.25) is 0 Å². The first-order valence-electron chi connectivity index (χ1n) is 15.3. The van der Waals surface area contributed by atoms with Crippen molar-refractivity contribution in [2.75, 3.05) is 82.4 Å². The van der Waals surface area contributed by atoms with Gasteiger partial charge in [-0.05, 0) is 75.0 Å². The standard InChI is InChI=1S/C32H45N5O2/c1-34-15-19-36(20-16-34)28-8-6-27(7-9-28)30(38)24-26-4-2-25(3-5-26)11-14-35-17-21-37(22-18-35)32-29-12-23-39-31(29)10-13-33-32/h6-10,13,25-26H,2-5,11-12,14-24H2,1H3. The summed E-state index contributed by atoms with van der Waals surface area (Å²) < 4.78 is 5.74. The minimum absolute atomic E-state index is 0.325. The molecule has 0 radical (unpaired) electrons. The van der Waals surface area contributed by atoms with E-state index in [1.54, 1.807) is 0 Å². The van der Waals surface area contributed by atoms with E-state index in [-0.39, 0.29) is 0 Å². The smallest absolute Gasteiger partial charge is 0.163 e. The summed E-state index contributed by atoms with van der Waals surface area (Å²) in [7, 11) is 2.18. The number of piperazine rings is 2. The second kappa shape index (κ2) is 12.3. The number of hydrogen-bond donors (Lipinski definition) is 0. The number of likely N-dealkylation sites (N-methyl/N-ethyl adjacent to an activating group) is 1. The van der Waals surface area contributed by atoms with Gasteiger partial charge >= 0.3 is 0 Å². The topological polar surface area (TPSA) is 52.2 Å². The number of fused-ring (bicyclic) bond motifs is 1. The summed E-state index contributed by atoms with van der Waals surface area (Å²) in [5.41, 5.74) is 3.43. The molecule has 1 aliphatic carbocycles. The average molecular weight is 532 g/mol. The number of benzene rings is 1. The molecule has 0 bridgehead atoms. The fourth-order valence-corrected chi connectivity index (χ4v) is 6.95. The predicted molar refractivity (Wildman–Crippen MR) is 157 cm³/mol. The van der Waals surface area contributed by atoms with Gasteiger partial charge in [0.25, 0.3) is 0 Å². The second-order valence-corrected chi connectivity index (χ2v) is 12.2. The van der Waals surface area contributed by atoms with Crippen LogP contribution in [0, 0.1) is 11.8 Å². The lowest BCUT2D eigenvalue weighted by Gasteiger charge is -2.37. The Morgan fingerprint density at radius 1 is 0.872 bits per heavy atom. The van der Waals surface area contributed by atoms with E-state index >= 15 is 0 Å². The maximum Gasteiger partial charge on any atom is 0.163 e. The summed E-state index contributed by atoms with van der Waals surface area (Å²) >= 11 is 0. The fraction of sp³-hybridized carbons (Fsp3) is 0.625. The molecule has 0 spiro atoms. The van der Waals surface area contributed by atoms with Crippen LogP contribution in [-0.2, 0) is 6.42 Å². The number of ether oxygens (including phenoxy) is 1. The van der Waals surface area contributed by atoms with Crippen LogP contribution in [0.15, 0.2) is 36.5 Å². The molecule has 4 heterocycles. The highest BCUT2D eigenvalue weighted by Crippen LogP contribution is 2.35. The summed E-state index contributed by atoms with van der Waals surface area (Å²) in [5, 5.41) is 0. The zero-order valence-electron chi connectivity index (χ0n) is 23.7. The van der Waals surface area contributed by atoms with Crippen LogP contribution in [0.1, 0.15) is 54.4 Å².